The highest BCUT2D eigenvalue weighted by molar-refractivity contribution is 7.84. The van der Waals surface area contributed by atoms with Crippen molar-refractivity contribution >= 4 is 30.2 Å². The van der Waals surface area contributed by atoms with E-state index in [2.05, 4.69) is 58.7 Å². The van der Waals surface area contributed by atoms with Crippen LogP contribution in [0.15, 0.2) is 54.7 Å². The number of aromatic nitrogens is 4. The highest BCUT2D eigenvalue weighted by Crippen LogP contribution is 2.37. The third-order valence-corrected chi connectivity index (χ3v) is 14.7. The number of aliphatic hydroxyl groups is 1. The van der Waals surface area contributed by atoms with Gasteiger partial charge in [0.05, 0.1) is 45.4 Å². The molecule has 0 amide bonds. The van der Waals surface area contributed by atoms with E-state index >= 15 is 0 Å². The molecule has 0 aliphatic carbocycles. The lowest BCUT2D eigenvalue weighted by atomic mass is 9.89. The van der Waals surface area contributed by atoms with Crippen LogP contribution >= 0.6 is 0 Å². The van der Waals surface area contributed by atoms with E-state index in [4.69, 9.17) is 24.6 Å². The first-order valence-electron chi connectivity index (χ1n) is 16.3. The molecule has 252 valence electrons. The van der Waals surface area contributed by atoms with Crippen LogP contribution in [-0.4, -0.2) is 47.7 Å². The average Bonchev–Trinajstić information content (AvgIpc) is 3.42. The molecule has 0 aliphatic rings. The topological polar surface area (TPSA) is 116 Å². The van der Waals surface area contributed by atoms with Gasteiger partial charge in [-0.2, -0.15) is 5.10 Å². The maximum Gasteiger partial charge on any atom is 0.192 e. The molecule has 4 aromatic rings. The fourth-order valence-corrected chi connectivity index (χ4v) is 6.44. The summed E-state index contributed by atoms with van der Waals surface area (Å²) in [5, 5.41) is 22.0. The van der Waals surface area contributed by atoms with E-state index in [1.165, 1.54) is 0 Å². The van der Waals surface area contributed by atoms with E-state index in [1.54, 1.807) is 20.0 Å². The van der Waals surface area contributed by atoms with E-state index < -0.39 is 29.7 Å². The molecule has 3 heterocycles. The maximum atomic E-state index is 12.3. The summed E-state index contributed by atoms with van der Waals surface area (Å²) in [5.74, 6) is 6.95. The minimum atomic E-state index is -1.96. The molecule has 0 aliphatic heterocycles. The van der Waals surface area contributed by atoms with E-state index in [9.17, 15) is 9.32 Å². The molecule has 0 fully saturated rings. The number of rotatable bonds is 11. The lowest BCUT2D eigenvalue weighted by molar-refractivity contribution is 0.143. The first kappa shape index (κ1) is 36.6. The molecule has 0 bridgehead atoms. The van der Waals surface area contributed by atoms with Gasteiger partial charge in [0.1, 0.15) is 5.60 Å². The van der Waals surface area contributed by atoms with Crippen molar-refractivity contribution in [3.63, 3.8) is 0 Å². The molecule has 10 heteroatoms. The van der Waals surface area contributed by atoms with E-state index in [0.717, 1.165) is 52.0 Å². The second-order valence-electron chi connectivity index (χ2n) is 15.1. The van der Waals surface area contributed by atoms with Crippen molar-refractivity contribution < 1.29 is 13.7 Å². The van der Waals surface area contributed by atoms with Crippen LogP contribution in [0.2, 0.25) is 18.1 Å². The summed E-state index contributed by atoms with van der Waals surface area (Å²) in [6.45, 7) is 21.0. The zero-order valence-corrected chi connectivity index (χ0v) is 31.5. The number of nitrogens with two attached hydrogens (primary N) is 1. The fraction of sp³-hybridized carbons (Fsp3) is 0.486. The number of hydrogen-bond donors (Lipinski definition) is 2. The number of fused-ring (bicyclic) bond motifs is 1. The Morgan fingerprint density at radius 3 is 2.38 bits per heavy atom. The van der Waals surface area contributed by atoms with E-state index in [1.807, 2.05) is 61.0 Å². The zero-order chi connectivity index (χ0) is 34.8. The van der Waals surface area contributed by atoms with Crippen LogP contribution in [0, 0.1) is 11.8 Å². The Morgan fingerprint density at radius 2 is 1.74 bits per heavy atom. The van der Waals surface area contributed by atoms with Crippen LogP contribution in [0.25, 0.3) is 28.0 Å². The maximum absolute atomic E-state index is 12.3. The van der Waals surface area contributed by atoms with Gasteiger partial charge in [0.25, 0.3) is 0 Å². The van der Waals surface area contributed by atoms with Crippen LogP contribution in [0.3, 0.4) is 0 Å². The number of hydrogen-bond acceptors (Lipinski definition) is 6. The van der Waals surface area contributed by atoms with Crippen molar-refractivity contribution in [2.24, 2.45) is 5.14 Å². The molecule has 0 saturated heterocycles. The second kappa shape index (κ2) is 14.1. The summed E-state index contributed by atoms with van der Waals surface area (Å²) in [4.78, 5) is 10.1. The third-order valence-electron chi connectivity index (χ3n) is 8.99. The Balaban J connectivity index is 1.82. The van der Waals surface area contributed by atoms with E-state index in [0.29, 0.717) is 18.8 Å². The van der Waals surface area contributed by atoms with Crippen molar-refractivity contribution in [1.29, 1.82) is 0 Å². The van der Waals surface area contributed by atoms with Gasteiger partial charge in [-0.25, -0.2) is 13.9 Å². The fourth-order valence-electron chi connectivity index (χ4n) is 5.13. The van der Waals surface area contributed by atoms with Gasteiger partial charge in [-0.1, -0.05) is 58.1 Å². The molecule has 2 atom stereocenters. The summed E-state index contributed by atoms with van der Waals surface area (Å²) < 4.78 is 20.1. The molecular weight excluding hydrogens is 623 g/mol. The quantitative estimate of drug-likeness (QED) is 0.124. The van der Waals surface area contributed by atoms with Crippen LogP contribution in [-0.2, 0) is 22.0 Å². The molecule has 0 spiro atoms. The Kier molecular flexibility index (Phi) is 11.0. The molecular formula is C37H51N5O3SSi. The molecule has 3 N–H and O–H groups in total. The lowest BCUT2D eigenvalue weighted by Gasteiger charge is -2.36. The molecule has 47 heavy (non-hydrogen) atoms. The van der Waals surface area contributed by atoms with Gasteiger partial charge in [-0.15, -0.1) is 0 Å². The molecule has 8 nitrogen and oxygen atoms in total. The highest BCUT2D eigenvalue weighted by atomic mass is 32.2. The number of pyridine rings is 2. The second-order valence-corrected chi connectivity index (χ2v) is 21.6. The largest absolute Gasteiger partial charge is 0.411 e. The van der Waals surface area contributed by atoms with Gasteiger partial charge in [-0.3, -0.25) is 10.1 Å². The Morgan fingerprint density at radius 1 is 1.04 bits per heavy atom. The predicted octanol–water partition coefficient (Wildman–Crippen LogP) is 7.80. The Hall–Kier alpha value is -3.20. The summed E-state index contributed by atoms with van der Waals surface area (Å²) in [6, 6.07) is 16.0. The first-order chi connectivity index (χ1) is 21.8. The summed E-state index contributed by atoms with van der Waals surface area (Å²) >= 11 is 0. The normalized spacial score (nSPS) is 14.1. The van der Waals surface area contributed by atoms with Crippen LogP contribution in [0.1, 0.15) is 97.5 Å². The molecule has 4 rings (SSSR count). The third kappa shape index (κ3) is 9.03. The molecule has 0 saturated carbocycles. The van der Waals surface area contributed by atoms with E-state index in [-0.39, 0.29) is 11.0 Å². The first-order valence-corrected chi connectivity index (χ1v) is 20.4. The van der Waals surface area contributed by atoms with Gasteiger partial charge in [0, 0.05) is 28.1 Å². The number of benzene rings is 1. The SMILES string of the molecule is CCC[C@@H](CC(C)(C)S(N)=O)c1cccc(-c2cc(C#CC(C)(C)O)c3cnn(-c4cccc(CO[Si](C)(C)C(C)(C)C)n4)c3c2)n1. The van der Waals surface area contributed by atoms with Crippen molar-refractivity contribution in [3.05, 3.63) is 71.7 Å². The smallest absolute Gasteiger partial charge is 0.192 e. The van der Waals surface area contributed by atoms with Gasteiger partial charge < -0.3 is 9.53 Å². The summed E-state index contributed by atoms with van der Waals surface area (Å²) in [6.07, 6.45) is 4.34. The van der Waals surface area contributed by atoms with Crippen molar-refractivity contribution in [1.82, 2.24) is 19.7 Å². The molecule has 0 radical (unpaired) electrons. The van der Waals surface area contributed by atoms with Crippen LogP contribution < -0.4 is 5.14 Å². The Bertz CT molecular complexity index is 1810. The summed E-state index contributed by atoms with van der Waals surface area (Å²) in [7, 11) is -3.41. The van der Waals surface area contributed by atoms with Crippen LogP contribution in [0.4, 0.5) is 0 Å². The van der Waals surface area contributed by atoms with Crippen molar-refractivity contribution in [3.8, 4) is 28.9 Å². The average molecular weight is 674 g/mol. The minimum absolute atomic E-state index is 0.0983. The van der Waals surface area contributed by atoms with Crippen LogP contribution in [0.5, 0.6) is 0 Å². The minimum Gasteiger partial charge on any atom is -0.411 e. The predicted molar refractivity (Wildman–Crippen MR) is 196 cm³/mol. The summed E-state index contributed by atoms with van der Waals surface area (Å²) in [5.41, 5.74) is 3.84. The zero-order valence-electron chi connectivity index (χ0n) is 29.6. The van der Waals surface area contributed by atoms with Gasteiger partial charge in [0.15, 0.2) is 14.1 Å². The van der Waals surface area contributed by atoms with Crippen molar-refractivity contribution in [2.45, 2.75) is 116 Å². The van der Waals surface area contributed by atoms with Gasteiger partial charge in [0.2, 0.25) is 0 Å². The Labute approximate surface area is 284 Å². The molecule has 1 aromatic carbocycles. The molecule has 3 aromatic heterocycles. The number of nitrogens with zero attached hydrogens (tertiary/aromatic N) is 4. The highest BCUT2D eigenvalue weighted by Gasteiger charge is 2.37. The standard InChI is InChI=1S/C37H51N5O3SSi/c1-11-14-27(23-37(7,8)46(38)44)31-16-13-17-32(41-31)28-21-26(19-20-36(5,6)43)30-24-39-42(33(30)22-28)34-18-12-15-29(40-34)25-45-47(9,10)35(2,3)4/h12-13,15-18,21-22,24,27,43H,11,14,23,25,38H2,1-10H3/t27-,46?/m0/s1. The monoisotopic (exact) mass is 673 g/mol. The molecule has 1 unspecified atom stereocenters. The van der Waals surface area contributed by atoms with Crippen molar-refractivity contribution in [2.75, 3.05) is 0 Å². The lowest BCUT2D eigenvalue weighted by Crippen LogP contribution is -2.40. The van der Waals surface area contributed by atoms with Gasteiger partial charge >= 0.3 is 0 Å². The van der Waals surface area contributed by atoms with Gasteiger partial charge in [-0.05, 0) is 95.1 Å².